The fraction of sp³-hybridized carbons (Fsp3) is 0.200. The van der Waals surface area contributed by atoms with Crippen LogP contribution < -0.4 is 5.32 Å². The first-order chi connectivity index (χ1) is 9.18. The van der Waals surface area contributed by atoms with Crippen LogP contribution in [0.1, 0.15) is 11.1 Å². The van der Waals surface area contributed by atoms with Crippen LogP contribution in [0.15, 0.2) is 42.5 Å². The van der Waals surface area contributed by atoms with Gasteiger partial charge in [0.1, 0.15) is 5.82 Å². The summed E-state index contributed by atoms with van der Waals surface area (Å²) in [5.74, 6) is -0.167. The summed E-state index contributed by atoms with van der Waals surface area (Å²) in [6.07, 6.45) is 0.634. The molecule has 0 aliphatic heterocycles. The Kier molecular flexibility index (Phi) is 7.31. The van der Waals surface area contributed by atoms with Gasteiger partial charge in [-0.2, -0.15) is 0 Å². The first-order valence-corrected chi connectivity index (χ1v) is 6.81. The van der Waals surface area contributed by atoms with Gasteiger partial charge in [-0.25, -0.2) is 4.39 Å². The lowest BCUT2D eigenvalue weighted by Gasteiger charge is -2.09. The molecule has 5 heteroatoms. The molecule has 0 spiro atoms. The number of benzene rings is 2. The highest BCUT2D eigenvalue weighted by atomic mass is 35.5. The molecule has 0 saturated heterocycles. The van der Waals surface area contributed by atoms with E-state index >= 15 is 0 Å². The van der Waals surface area contributed by atoms with E-state index in [0.717, 1.165) is 5.56 Å². The lowest BCUT2D eigenvalue weighted by atomic mass is 10.1. The van der Waals surface area contributed by atoms with Crippen molar-refractivity contribution in [1.82, 2.24) is 5.32 Å². The van der Waals surface area contributed by atoms with Crippen molar-refractivity contribution in [3.05, 3.63) is 69.5 Å². The number of nitrogens with one attached hydrogen (secondary N) is 1. The van der Waals surface area contributed by atoms with E-state index < -0.39 is 0 Å². The zero-order chi connectivity index (χ0) is 13.7. The Hall–Kier alpha value is -0.800. The predicted molar refractivity (Wildman–Crippen MR) is 85.5 cm³/mol. The molecule has 0 amide bonds. The minimum absolute atomic E-state index is 0. The van der Waals surface area contributed by atoms with E-state index in [1.54, 1.807) is 24.3 Å². The molecule has 2 aromatic rings. The summed E-state index contributed by atoms with van der Waals surface area (Å²) in [6, 6.07) is 12.2. The second-order valence-electron chi connectivity index (χ2n) is 4.22. The Morgan fingerprint density at radius 3 is 2.25 bits per heavy atom. The van der Waals surface area contributed by atoms with Crippen LogP contribution in [-0.4, -0.2) is 6.54 Å². The van der Waals surface area contributed by atoms with Crippen LogP contribution in [0.5, 0.6) is 0 Å². The van der Waals surface area contributed by atoms with Crippen molar-refractivity contribution in [3.8, 4) is 0 Å². The molecule has 0 radical (unpaired) electrons. The van der Waals surface area contributed by atoms with E-state index in [0.29, 0.717) is 35.1 Å². The van der Waals surface area contributed by atoms with Gasteiger partial charge in [0.25, 0.3) is 0 Å². The molecule has 2 aromatic carbocycles. The standard InChI is InChI=1S/C15H14Cl2FN.ClH/c16-13-5-3-6-14(17)12(13)10-19-9-8-11-4-1-2-7-15(11)18;/h1-7,19H,8-10H2;1H. The van der Waals surface area contributed by atoms with Gasteiger partial charge >= 0.3 is 0 Å². The molecule has 0 aliphatic rings. The van der Waals surface area contributed by atoms with Crippen molar-refractivity contribution in [1.29, 1.82) is 0 Å². The highest BCUT2D eigenvalue weighted by Crippen LogP contribution is 2.23. The number of hydrogen-bond acceptors (Lipinski definition) is 1. The summed E-state index contributed by atoms with van der Waals surface area (Å²) in [6.45, 7) is 1.25. The number of hydrogen-bond donors (Lipinski definition) is 1. The maximum absolute atomic E-state index is 13.4. The van der Waals surface area contributed by atoms with E-state index in [1.807, 2.05) is 12.1 Å². The molecular formula is C15H15Cl3FN. The lowest BCUT2D eigenvalue weighted by Crippen LogP contribution is -2.17. The molecule has 0 atom stereocenters. The Morgan fingerprint density at radius 2 is 1.60 bits per heavy atom. The van der Waals surface area contributed by atoms with Gasteiger partial charge in [-0.1, -0.05) is 47.5 Å². The van der Waals surface area contributed by atoms with Crippen LogP contribution in [0.4, 0.5) is 4.39 Å². The summed E-state index contributed by atoms with van der Waals surface area (Å²) in [5, 5.41) is 4.51. The molecule has 0 fully saturated rings. The van der Waals surface area contributed by atoms with Gasteiger partial charge in [-0.3, -0.25) is 0 Å². The molecule has 0 bridgehead atoms. The van der Waals surface area contributed by atoms with Crippen molar-refractivity contribution < 1.29 is 4.39 Å². The van der Waals surface area contributed by atoms with Crippen LogP contribution in [-0.2, 0) is 13.0 Å². The maximum Gasteiger partial charge on any atom is 0.126 e. The number of halogens is 4. The average molecular weight is 335 g/mol. The summed E-state index contributed by atoms with van der Waals surface area (Å²) in [4.78, 5) is 0. The van der Waals surface area contributed by atoms with Crippen LogP contribution in [0, 0.1) is 5.82 Å². The van der Waals surface area contributed by atoms with Gasteiger partial charge in [0.2, 0.25) is 0 Å². The van der Waals surface area contributed by atoms with Gasteiger partial charge in [0.15, 0.2) is 0 Å². The van der Waals surface area contributed by atoms with Crippen molar-refractivity contribution in [2.75, 3.05) is 6.54 Å². The zero-order valence-corrected chi connectivity index (χ0v) is 13.0. The minimum Gasteiger partial charge on any atom is -0.312 e. The van der Waals surface area contributed by atoms with Crippen molar-refractivity contribution in [2.45, 2.75) is 13.0 Å². The summed E-state index contributed by atoms with van der Waals surface area (Å²) >= 11 is 12.1. The lowest BCUT2D eigenvalue weighted by molar-refractivity contribution is 0.598. The molecule has 0 saturated carbocycles. The smallest absolute Gasteiger partial charge is 0.126 e. The third kappa shape index (κ3) is 4.64. The van der Waals surface area contributed by atoms with Crippen molar-refractivity contribution in [3.63, 3.8) is 0 Å². The van der Waals surface area contributed by atoms with Crippen LogP contribution >= 0.6 is 35.6 Å². The summed E-state index contributed by atoms with van der Waals surface area (Å²) in [7, 11) is 0. The highest BCUT2D eigenvalue weighted by Gasteiger charge is 2.05. The predicted octanol–water partition coefficient (Wildman–Crippen LogP) is 4.89. The third-order valence-corrected chi connectivity index (χ3v) is 3.60. The van der Waals surface area contributed by atoms with E-state index in [-0.39, 0.29) is 18.2 Å². The van der Waals surface area contributed by atoms with Gasteiger partial charge in [0, 0.05) is 22.2 Å². The fourth-order valence-electron chi connectivity index (χ4n) is 1.84. The number of rotatable bonds is 5. The van der Waals surface area contributed by atoms with Gasteiger partial charge in [-0.15, -0.1) is 12.4 Å². The van der Waals surface area contributed by atoms with Crippen LogP contribution in [0.3, 0.4) is 0 Å². The van der Waals surface area contributed by atoms with Gasteiger partial charge < -0.3 is 5.32 Å². The highest BCUT2D eigenvalue weighted by molar-refractivity contribution is 6.35. The van der Waals surface area contributed by atoms with Crippen LogP contribution in [0.25, 0.3) is 0 Å². The Balaban J connectivity index is 0.00000200. The molecule has 2 rings (SSSR count). The molecule has 0 aliphatic carbocycles. The maximum atomic E-state index is 13.4. The first-order valence-electron chi connectivity index (χ1n) is 6.05. The summed E-state index contributed by atoms with van der Waals surface area (Å²) < 4.78 is 13.4. The van der Waals surface area contributed by atoms with Crippen molar-refractivity contribution in [2.24, 2.45) is 0 Å². The molecule has 0 unspecified atom stereocenters. The monoisotopic (exact) mass is 333 g/mol. The molecule has 0 heterocycles. The quantitative estimate of drug-likeness (QED) is 0.768. The zero-order valence-electron chi connectivity index (χ0n) is 10.7. The molecule has 108 valence electrons. The average Bonchev–Trinajstić information content (AvgIpc) is 2.39. The molecular weight excluding hydrogens is 320 g/mol. The fourth-order valence-corrected chi connectivity index (χ4v) is 2.37. The van der Waals surface area contributed by atoms with Gasteiger partial charge in [-0.05, 0) is 36.7 Å². The second-order valence-corrected chi connectivity index (χ2v) is 5.03. The van der Waals surface area contributed by atoms with Crippen LogP contribution in [0.2, 0.25) is 10.0 Å². The largest absolute Gasteiger partial charge is 0.312 e. The first kappa shape index (κ1) is 17.3. The second kappa shape index (κ2) is 8.48. The normalized spacial score (nSPS) is 10.2. The van der Waals surface area contributed by atoms with Crippen molar-refractivity contribution >= 4 is 35.6 Å². The topological polar surface area (TPSA) is 12.0 Å². The minimum atomic E-state index is -0.167. The van der Waals surface area contributed by atoms with E-state index in [2.05, 4.69) is 5.32 Å². The molecule has 0 aromatic heterocycles. The molecule has 20 heavy (non-hydrogen) atoms. The van der Waals surface area contributed by atoms with E-state index in [4.69, 9.17) is 23.2 Å². The SMILES string of the molecule is Cl.Fc1ccccc1CCNCc1c(Cl)cccc1Cl. The third-order valence-electron chi connectivity index (χ3n) is 2.89. The Bertz CT molecular complexity index is 540. The molecule has 1 N–H and O–H groups in total. The summed E-state index contributed by atoms with van der Waals surface area (Å²) in [5.41, 5.74) is 1.58. The molecule has 1 nitrogen and oxygen atoms in total. The Labute approximate surface area is 134 Å². The van der Waals surface area contributed by atoms with E-state index in [9.17, 15) is 4.39 Å². The van der Waals surface area contributed by atoms with E-state index in [1.165, 1.54) is 6.07 Å². The Morgan fingerprint density at radius 1 is 0.950 bits per heavy atom. The van der Waals surface area contributed by atoms with Gasteiger partial charge in [0.05, 0.1) is 0 Å².